The number of nitrogens with zero attached hydrogens (tertiary/aromatic N) is 1. The zero-order valence-electron chi connectivity index (χ0n) is 10.6. The molecule has 3 heteroatoms. The van der Waals surface area contributed by atoms with Crippen molar-refractivity contribution in [1.82, 2.24) is 10.3 Å². The van der Waals surface area contributed by atoms with Gasteiger partial charge >= 0.3 is 0 Å². The van der Waals surface area contributed by atoms with Crippen LogP contribution < -0.4 is 5.32 Å². The Kier molecular flexibility index (Phi) is 3.72. The number of amides is 1. The van der Waals surface area contributed by atoms with Gasteiger partial charge in [-0.2, -0.15) is 0 Å². The lowest BCUT2D eigenvalue weighted by atomic mass is 10.0. The van der Waals surface area contributed by atoms with Gasteiger partial charge in [0.2, 0.25) is 0 Å². The van der Waals surface area contributed by atoms with E-state index >= 15 is 0 Å². The second kappa shape index (κ2) is 5.45. The van der Waals surface area contributed by atoms with Crippen molar-refractivity contribution < 1.29 is 4.79 Å². The fourth-order valence-corrected chi connectivity index (χ4v) is 1.84. The zero-order chi connectivity index (χ0) is 13.0. The lowest BCUT2D eigenvalue weighted by molar-refractivity contribution is 0.0955. The van der Waals surface area contributed by atoms with Crippen LogP contribution in [0.15, 0.2) is 42.7 Å². The average Bonchev–Trinajstić information content (AvgIpc) is 2.40. The van der Waals surface area contributed by atoms with Crippen molar-refractivity contribution in [1.29, 1.82) is 0 Å². The number of carbonyl (C=O) groups excluding carboxylic acids is 1. The van der Waals surface area contributed by atoms with Gasteiger partial charge in [-0.15, -0.1) is 0 Å². The van der Waals surface area contributed by atoms with Crippen LogP contribution in [0.1, 0.15) is 22.8 Å². The molecule has 0 unspecified atom stereocenters. The molecule has 3 nitrogen and oxygen atoms in total. The Hall–Kier alpha value is -2.16. The average molecular weight is 240 g/mol. The molecule has 1 amide bonds. The summed E-state index contributed by atoms with van der Waals surface area (Å²) < 4.78 is 0. The Morgan fingerprint density at radius 3 is 2.78 bits per heavy atom. The predicted octanol–water partition coefficient (Wildman–Crippen LogP) is 2.81. The number of hydrogen-bond donors (Lipinski definition) is 1. The van der Waals surface area contributed by atoms with Gasteiger partial charge < -0.3 is 5.32 Å². The van der Waals surface area contributed by atoms with E-state index in [2.05, 4.69) is 10.3 Å². The smallest absolute Gasteiger partial charge is 0.251 e. The number of aryl methyl sites for hydroxylation is 1. The van der Waals surface area contributed by atoms with Gasteiger partial charge in [-0.05, 0) is 37.1 Å². The molecule has 1 N–H and O–H groups in total. The van der Waals surface area contributed by atoms with E-state index in [0.29, 0.717) is 6.54 Å². The number of aromatic nitrogens is 1. The Balaban J connectivity index is 2.41. The number of pyridine rings is 1. The molecule has 0 fully saturated rings. The summed E-state index contributed by atoms with van der Waals surface area (Å²) in [5.41, 5.74) is 3.73. The summed E-state index contributed by atoms with van der Waals surface area (Å²) in [6, 6.07) is 9.76. The molecule has 0 aliphatic rings. The van der Waals surface area contributed by atoms with Crippen LogP contribution >= 0.6 is 0 Å². The summed E-state index contributed by atoms with van der Waals surface area (Å²) in [7, 11) is 0. The minimum Gasteiger partial charge on any atom is -0.352 e. The van der Waals surface area contributed by atoms with Gasteiger partial charge in [-0.25, -0.2) is 0 Å². The van der Waals surface area contributed by atoms with Crippen LogP contribution in [0.3, 0.4) is 0 Å². The summed E-state index contributed by atoms with van der Waals surface area (Å²) in [6.07, 6.45) is 3.54. The van der Waals surface area contributed by atoms with Crippen molar-refractivity contribution in [3.63, 3.8) is 0 Å². The van der Waals surface area contributed by atoms with Crippen LogP contribution in [0.5, 0.6) is 0 Å². The molecule has 92 valence electrons. The Morgan fingerprint density at radius 1 is 1.28 bits per heavy atom. The van der Waals surface area contributed by atoms with Crippen molar-refractivity contribution in [2.75, 3.05) is 6.54 Å². The van der Waals surface area contributed by atoms with Crippen LogP contribution in [0.25, 0.3) is 11.1 Å². The molecule has 0 aliphatic heterocycles. The van der Waals surface area contributed by atoms with Gasteiger partial charge in [-0.3, -0.25) is 9.78 Å². The van der Waals surface area contributed by atoms with Crippen LogP contribution in [0.2, 0.25) is 0 Å². The maximum Gasteiger partial charge on any atom is 0.251 e. The highest BCUT2D eigenvalue weighted by atomic mass is 16.1. The molecular weight excluding hydrogens is 224 g/mol. The number of hydrogen-bond acceptors (Lipinski definition) is 2. The van der Waals surface area contributed by atoms with E-state index in [1.54, 1.807) is 12.4 Å². The maximum absolute atomic E-state index is 11.9. The molecule has 1 heterocycles. The molecule has 1 aromatic heterocycles. The van der Waals surface area contributed by atoms with Gasteiger partial charge in [0.15, 0.2) is 0 Å². The molecule has 0 aliphatic carbocycles. The zero-order valence-corrected chi connectivity index (χ0v) is 10.6. The van der Waals surface area contributed by atoms with Gasteiger partial charge in [0, 0.05) is 30.1 Å². The Morgan fingerprint density at radius 2 is 2.11 bits per heavy atom. The van der Waals surface area contributed by atoms with Crippen LogP contribution in [-0.2, 0) is 0 Å². The molecule has 0 saturated carbocycles. The molecule has 1 aromatic carbocycles. The molecule has 2 rings (SSSR count). The van der Waals surface area contributed by atoms with Gasteiger partial charge in [-0.1, -0.05) is 18.2 Å². The molecule has 0 bridgehead atoms. The van der Waals surface area contributed by atoms with Gasteiger partial charge in [0.25, 0.3) is 5.91 Å². The summed E-state index contributed by atoms with van der Waals surface area (Å²) in [4.78, 5) is 16.0. The monoisotopic (exact) mass is 240 g/mol. The SMILES string of the molecule is CCNC(=O)c1cc(-c2cccnc2)ccc1C. The van der Waals surface area contributed by atoms with Gasteiger partial charge in [0.1, 0.15) is 0 Å². The van der Waals surface area contributed by atoms with E-state index in [1.165, 1.54) is 0 Å². The lowest BCUT2D eigenvalue weighted by Crippen LogP contribution is -2.23. The first-order chi connectivity index (χ1) is 8.72. The number of nitrogens with one attached hydrogen (secondary N) is 1. The molecule has 0 spiro atoms. The molecule has 18 heavy (non-hydrogen) atoms. The summed E-state index contributed by atoms with van der Waals surface area (Å²) in [5.74, 6) is -0.0271. The standard InChI is InChI=1S/C15H16N2O/c1-3-17-15(18)14-9-12(7-6-11(14)2)13-5-4-8-16-10-13/h4-10H,3H2,1-2H3,(H,17,18). The van der Waals surface area contributed by atoms with E-state index < -0.39 is 0 Å². The van der Waals surface area contributed by atoms with Crippen molar-refractivity contribution in [2.45, 2.75) is 13.8 Å². The topological polar surface area (TPSA) is 42.0 Å². The van der Waals surface area contributed by atoms with Crippen molar-refractivity contribution >= 4 is 5.91 Å². The first-order valence-corrected chi connectivity index (χ1v) is 6.01. The first kappa shape index (κ1) is 12.3. The largest absolute Gasteiger partial charge is 0.352 e. The van der Waals surface area contributed by atoms with Crippen molar-refractivity contribution in [2.24, 2.45) is 0 Å². The minimum atomic E-state index is -0.0271. The first-order valence-electron chi connectivity index (χ1n) is 6.01. The Bertz CT molecular complexity index is 550. The second-order valence-corrected chi connectivity index (χ2v) is 4.13. The maximum atomic E-state index is 11.9. The van der Waals surface area contributed by atoms with E-state index in [1.807, 2.05) is 44.2 Å². The quantitative estimate of drug-likeness (QED) is 0.896. The second-order valence-electron chi connectivity index (χ2n) is 4.13. The third-order valence-corrected chi connectivity index (χ3v) is 2.81. The van der Waals surface area contributed by atoms with Crippen LogP contribution in [0, 0.1) is 6.92 Å². The molecule has 0 radical (unpaired) electrons. The van der Waals surface area contributed by atoms with Crippen molar-refractivity contribution in [3.05, 3.63) is 53.9 Å². The van der Waals surface area contributed by atoms with E-state index in [0.717, 1.165) is 22.3 Å². The highest BCUT2D eigenvalue weighted by Gasteiger charge is 2.09. The minimum absolute atomic E-state index is 0.0271. The summed E-state index contributed by atoms with van der Waals surface area (Å²) in [6.45, 7) is 4.49. The van der Waals surface area contributed by atoms with Crippen LogP contribution in [-0.4, -0.2) is 17.4 Å². The fourth-order valence-electron chi connectivity index (χ4n) is 1.84. The molecule has 0 saturated heterocycles. The normalized spacial score (nSPS) is 10.1. The van der Waals surface area contributed by atoms with E-state index in [4.69, 9.17) is 0 Å². The summed E-state index contributed by atoms with van der Waals surface area (Å²) >= 11 is 0. The highest BCUT2D eigenvalue weighted by molar-refractivity contribution is 5.96. The predicted molar refractivity (Wildman–Crippen MR) is 72.4 cm³/mol. The fraction of sp³-hybridized carbons (Fsp3) is 0.200. The van der Waals surface area contributed by atoms with Crippen molar-refractivity contribution in [3.8, 4) is 11.1 Å². The highest BCUT2D eigenvalue weighted by Crippen LogP contribution is 2.21. The Labute approximate surface area is 107 Å². The third kappa shape index (κ3) is 2.56. The van der Waals surface area contributed by atoms with E-state index in [-0.39, 0.29) is 5.91 Å². The molecular formula is C15H16N2O. The summed E-state index contributed by atoms with van der Waals surface area (Å²) in [5, 5.41) is 2.83. The van der Waals surface area contributed by atoms with E-state index in [9.17, 15) is 4.79 Å². The number of benzene rings is 1. The molecule has 2 aromatic rings. The van der Waals surface area contributed by atoms with Crippen LogP contribution in [0.4, 0.5) is 0 Å². The lowest BCUT2D eigenvalue weighted by Gasteiger charge is -2.08. The third-order valence-electron chi connectivity index (χ3n) is 2.81. The van der Waals surface area contributed by atoms with Gasteiger partial charge in [0.05, 0.1) is 0 Å². The number of carbonyl (C=O) groups is 1. The molecule has 0 atom stereocenters. The number of rotatable bonds is 3.